The monoisotopic (exact) mass is 440 g/mol. The molecule has 1 amide bonds. The van der Waals surface area contributed by atoms with Crippen LogP contribution in [0.5, 0.6) is 5.75 Å². The zero-order valence-electron chi connectivity index (χ0n) is 18.7. The molecule has 32 heavy (non-hydrogen) atoms. The van der Waals surface area contributed by atoms with E-state index >= 15 is 0 Å². The highest BCUT2D eigenvalue weighted by Gasteiger charge is 2.35. The zero-order chi connectivity index (χ0) is 23.3. The van der Waals surface area contributed by atoms with Gasteiger partial charge in [0.25, 0.3) is 5.91 Å². The fourth-order valence-corrected chi connectivity index (χ4v) is 4.08. The van der Waals surface area contributed by atoms with Crippen molar-refractivity contribution in [2.45, 2.75) is 70.4 Å². The van der Waals surface area contributed by atoms with Crippen molar-refractivity contribution in [3.8, 4) is 11.8 Å². The van der Waals surface area contributed by atoms with Crippen LogP contribution in [-0.2, 0) is 20.7 Å². The molecule has 0 bridgehead atoms. The Hall–Kier alpha value is -3.34. The van der Waals surface area contributed by atoms with E-state index in [2.05, 4.69) is 11.4 Å². The summed E-state index contributed by atoms with van der Waals surface area (Å²) in [7, 11) is 1.53. The molecule has 1 aliphatic carbocycles. The van der Waals surface area contributed by atoms with Crippen LogP contribution in [0.2, 0.25) is 0 Å². The van der Waals surface area contributed by atoms with E-state index in [0.29, 0.717) is 29.7 Å². The molecule has 1 heterocycles. The number of fused-ring (bicyclic) bond motifs is 1. The molecule has 1 aromatic heterocycles. The Morgan fingerprint density at radius 1 is 1.28 bits per heavy atom. The molecule has 0 aliphatic heterocycles. The topological polar surface area (TPSA) is 119 Å². The lowest BCUT2D eigenvalue weighted by Gasteiger charge is -2.32. The van der Waals surface area contributed by atoms with Crippen LogP contribution in [0.15, 0.2) is 27.4 Å². The maximum Gasteiger partial charge on any atom is 0.339 e. The molecule has 170 valence electrons. The average molecular weight is 440 g/mol. The van der Waals surface area contributed by atoms with E-state index in [1.54, 1.807) is 25.1 Å². The predicted molar refractivity (Wildman–Crippen MR) is 117 cm³/mol. The normalized spacial score (nSPS) is 16.1. The summed E-state index contributed by atoms with van der Waals surface area (Å²) in [6, 6.07) is 7.43. The highest BCUT2D eigenvalue weighted by Crippen LogP contribution is 2.28. The molecule has 1 aromatic carbocycles. The third-order valence-electron chi connectivity index (χ3n) is 6.03. The second kappa shape index (κ2) is 9.86. The number of carbonyl (C=O) groups excluding carboxylic acids is 2. The highest BCUT2D eigenvalue weighted by molar-refractivity contribution is 5.85. The van der Waals surface area contributed by atoms with Gasteiger partial charge in [-0.1, -0.05) is 19.3 Å². The molecule has 1 saturated carbocycles. The largest absolute Gasteiger partial charge is 0.497 e. The zero-order valence-corrected chi connectivity index (χ0v) is 18.7. The Morgan fingerprint density at radius 2 is 2.00 bits per heavy atom. The second-order valence-corrected chi connectivity index (χ2v) is 8.23. The Bertz CT molecular complexity index is 1110. The third-order valence-corrected chi connectivity index (χ3v) is 6.03. The number of nitriles is 1. The van der Waals surface area contributed by atoms with Gasteiger partial charge in [0.05, 0.1) is 13.2 Å². The van der Waals surface area contributed by atoms with E-state index in [9.17, 15) is 19.6 Å². The summed E-state index contributed by atoms with van der Waals surface area (Å²) < 4.78 is 15.8. The van der Waals surface area contributed by atoms with E-state index in [0.717, 1.165) is 30.2 Å². The minimum atomic E-state index is -1.03. The first-order chi connectivity index (χ1) is 15.3. The molecule has 1 atom stereocenters. The van der Waals surface area contributed by atoms with Gasteiger partial charge >= 0.3 is 11.6 Å². The molecule has 0 saturated heterocycles. The molecule has 0 radical (unpaired) electrons. The lowest BCUT2D eigenvalue weighted by molar-refractivity contribution is -0.155. The summed E-state index contributed by atoms with van der Waals surface area (Å²) in [6.45, 7) is 3.28. The summed E-state index contributed by atoms with van der Waals surface area (Å²) in [5.74, 6) is -0.511. The summed E-state index contributed by atoms with van der Waals surface area (Å²) in [5, 5.41) is 13.0. The number of amides is 1. The first kappa shape index (κ1) is 23.3. The fraction of sp³-hybridized carbons (Fsp3) is 0.500. The molecular formula is C24H28N2O6. The molecule has 2 aromatic rings. The van der Waals surface area contributed by atoms with Gasteiger partial charge < -0.3 is 19.2 Å². The number of nitrogens with one attached hydrogen (secondary N) is 1. The van der Waals surface area contributed by atoms with Gasteiger partial charge in [-0.05, 0) is 50.8 Å². The highest BCUT2D eigenvalue weighted by atomic mass is 16.5. The lowest BCUT2D eigenvalue weighted by atomic mass is 9.83. The number of hydrogen-bond donors (Lipinski definition) is 1. The van der Waals surface area contributed by atoms with Gasteiger partial charge in [-0.25, -0.2) is 4.79 Å². The van der Waals surface area contributed by atoms with E-state index in [-0.39, 0.29) is 12.8 Å². The number of ether oxygens (including phenoxy) is 2. The van der Waals surface area contributed by atoms with Crippen LogP contribution >= 0.6 is 0 Å². The molecule has 3 rings (SSSR count). The number of esters is 1. The number of carbonyl (C=O) groups is 2. The van der Waals surface area contributed by atoms with Crippen LogP contribution < -0.4 is 15.7 Å². The smallest absolute Gasteiger partial charge is 0.339 e. The number of nitrogens with zero attached hydrogens (tertiary/aromatic N) is 1. The Kier molecular flexibility index (Phi) is 7.18. The van der Waals surface area contributed by atoms with Crippen molar-refractivity contribution < 1.29 is 23.5 Å². The van der Waals surface area contributed by atoms with Gasteiger partial charge in [-0.2, -0.15) is 5.26 Å². The Morgan fingerprint density at radius 3 is 2.66 bits per heavy atom. The minimum Gasteiger partial charge on any atom is -0.497 e. The van der Waals surface area contributed by atoms with Crippen molar-refractivity contribution in [2.75, 3.05) is 7.11 Å². The number of aryl methyl sites for hydroxylation is 1. The van der Waals surface area contributed by atoms with Crippen LogP contribution in [-0.4, -0.2) is 30.6 Å². The predicted octanol–water partition coefficient (Wildman–Crippen LogP) is 3.32. The van der Waals surface area contributed by atoms with Gasteiger partial charge in [0.15, 0.2) is 6.10 Å². The lowest BCUT2D eigenvalue weighted by Crippen LogP contribution is -2.52. The van der Waals surface area contributed by atoms with Gasteiger partial charge in [0.1, 0.15) is 16.9 Å². The SMILES string of the molecule is COc1ccc2c(C)c(CCC(=O)OC(C)C(=O)NC3(C#N)CCCCC3)c(=O)oc2c1. The van der Waals surface area contributed by atoms with Crippen LogP contribution in [0.1, 0.15) is 56.6 Å². The maximum atomic E-state index is 12.5. The van der Waals surface area contributed by atoms with Crippen molar-refractivity contribution in [3.05, 3.63) is 39.7 Å². The van der Waals surface area contributed by atoms with E-state index < -0.39 is 29.1 Å². The first-order valence-electron chi connectivity index (χ1n) is 10.8. The van der Waals surface area contributed by atoms with Crippen LogP contribution in [0.25, 0.3) is 11.0 Å². The molecule has 1 aliphatic rings. The summed E-state index contributed by atoms with van der Waals surface area (Å²) in [6.07, 6.45) is 3.01. The summed E-state index contributed by atoms with van der Waals surface area (Å²) in [5.41, 5.74) is 0.126. The molecular weight excluding hydrogens is 412 g/mol. The van der Waals surface area contributed by atoms with Gasteiger partial charge in [0.2, 0.25) is 0 Å². The number of hydrogen-bond acceptors (Lipinski definition) is 7. The standard InChI is InChI=1S/C24H28N2O6/c1-15-18-8-7-17(30-3)13-20(18)32-23(29)19(15)9-10-21(27)31-16(2)22(28)26-24(14-25)11-5-4-6-12-24/h7-8,13,16H,4-6,9-12H2,1-3H3,(H,26,28). The maximum absolute atomic E-state index is 12.5. The third kappa shape index (κ3) is 5.10. The Labute approximate surface area is 186 Å². The van der Waals surface area contributed by atoms with Gasteiger partial charge in [-0.15, -0.1) is 0 Å². The molecule has 1 fully saturated rings. The van der Waals surface area contributed by atoms with E-state index in [4.69, 9.17) is 13.9 Å². The molecule has 0 spiro atoms. The van der Waals surface area contributed by atoms with Crippen molar-refractivity contribution in [3.63, 3.8) is 0 Å². The van der Waals surface area contributed by atoms with Crippen LogP contribution in [0, 0.1) is 18.3 Å². The number of benzene rings is 1. The molecule has 8 nitrogen and oxygen atoms in total. The molecule has 1 unspecified atom stereocenters. The van der Waals surface area contributed by atoms with Crippen LogP contribution in [0.4, 0.5) is 0 Å². The van der Waals surface area contributed by atoms with E-state index in [1.165, 1.54) is 14.0 Å². The number of methoxy groups -OCH3 is 1. The number of rotatable bonds is 7. The molecule has 8 heteroatoms. The van der Waals surface area contributed by atoms with Gasteiger partial charge in [0, 0.05) is 23.4 Å². The van der Waals surface area contributed by atoms with Crippen molar-refractivity contribution in [1.29, 1.82) is 5.26 Å². The Balaban J connectivity index is 1.62. The average Bonchev–Trinajstić information content (AvgIpc) is 2.78. The minimum absolute atomic E-state index is 0.0751. The fourth-order valence-electron chi connectivity index (χ4n) is 4.08. The van der Waals surface area contributed by atoms with Crippen LogP contribution in [0.3, 0.4) is 0 Å². The van der Waals surface area contributed by atoms with Crippen molar-refractivity contribution in [2.24, 2.45) is 0 Å². The molecule has 1 N–H and O–H groups in total. The summed E-state index contributed by atoms with van der Waals surface area (Å²) >= 11 is 0. The van der Waals surface area contributed by atoms with Gasteiger partial charge in [-0.3, -0.25) is 9.59 Å². The van der Waals surface area contributed by atoms with Crippen molar-refractivity contribution in [1.82, 2.24) is 5.32 Å². The van der Waals surface area contributed by atoms with Crippen molar-refractivity contribution >= 4 is 22.8 Å². The first-order valence-corrected chi connectivity index (χ1v) is 10.8. The summed E-state index contributed by atoms with van der Waals surface area (Å²) in [4.78, 5) is 37.2. The second-order valence-electron chi connectivity index (χ2n) is 8.23. The van der Waals surface area contributed by atoms with E-state index in [1.807, 2.05) is 0 Å². The quantitative estimate of drug-likeness (QED) is 0.518.